The minimum Gasteiger partial charge on any atom is -0.355 e. The number of nitrogens with one attached hydrogen (secondary N) is 1. The van der Waals surface area contributed by atoms with Crippen LogP contribution in [0.3, 0.4) is 0 Å². The fraction of sp³-hybridized carbons (Fsp3) is 0.917. The molecule has 2 fully saturated rings. The van der Waals surface area contributed by atoms with Gasteiger partial charge in [-0.25, -0.2) is 12.7 Å². The maximum Gasteiger partial charge on any atom is 0.223 e. The summed E-state index contributed by atoms with van der Waals surface area (Å²) in [5.41, 5.74) is 0. The molecular formula is C12H22N2O3S. The van der Waals surface area contributed by atoms with E-state index in [-0.39, 0.29) is 17.6 Å². The van der Waals surface area contributed by atoms with E-state index in [2.05, 4.69) is 5.32 Å². The van der Waals surface area contributed by atoms with Gasteiger partial charge in [0.2, 0.25) is 15.9 Å². The molecule has 0 spiro atoms. The van der Waals surface area contributed by atoms with Crippen molar-refractivity contribution in [3.05, 3.63) is 0 Å². The van der Waals surface area contributed by atoms with E-state index in [1.165, 1.54) is 10.7 Å². The molecule has 1 aliphatic carbocycles. The van der Waals surface area contributed by atoms with Crippen LogP contribution in [-0.4, -0.2) is 44.0 Å². The average molecular weight is 274 g/mol. The Labute approximate surface area is 109 Å². The molecule has 1 heterocycles. The largest absolute Gasteiger partial charge is 0.355 e. The summed E-state index contributed by atoms with van der Waals surface area (Å²) in [7, 11) is -3.03. The molecule has 5 nitrogen and oxygen atoms in total. The van der Waals surface area contributed by atoms with Gasteiger partial charge in [-0.1, -0.05) is 19.3 Å². The van der Waals surface area contributed by atoms with Crippen LogP contribution in [0, 0.1) is 5.92 Å². The van der Waals surface area contributed by atoms with Gasteiger partial charge in [-0.2, -0.15) is 0 Å². The van der Waals surface area contributed by atoms with Gasteiger partial charge in [0, 0.05) is 25.6 Å². The third-order valence-corrected chi connectivity index (χ3v) is 5.80. The Morgan fingerprint density at radius 3 is 2.50 bits per heavy atom. The van der Waals surface area contributed by atoms with Crippen LogP contribution in [-0.2, 0) is 14.8 Å². The van der Waals surface area contributed by atoms with Crippen LogP contribution in [0.4, 0.5) is 0 Å². The van der Waals surface area contributed by atoms with Gasteiger partial charge in [0.25, 0.3) is 0 Å². The van der Waals surface area contributed by atoms with Crippen molar-refractivity contribution in [3.8, 4) is 0 Å². The zero-order chi connectivity index (χ0) is 13.0. The fourth-order valence-electron chi connectivity index (χ4n) is 2.76. The predicted molar refractivity (Wildman–Crippen MR) is 69.6 cm³/mol. The highest BCUT2D eigenvalue weighted by Crippen LogP contribution is 2.23. The molecule has 1 saturated carbocycles. The Kier molecular flexibility index (Phi) is 4.61. The second-order valence-electron chi connectivity index (χ2n) is 5.19. The summed E-state index contributed by atoms with van der Waals surface area (Å²) in [5, 5.41) is 2.87. The van der Waals surface area contributed by atoms with E-state index < -0.39 is 10.0 Å². The van der Waals surface area contributed by atoms with Gasteiger partial charge >= 0.3 is 0 Å². The van der Waals surface area contributed by atoms with Crippen molar-refractivity contribution < 1.29 is 13.2 Å². The normalized spacial score (nSPS) is 25.1. The van der Waals surface area contributed by atoms with Gasteiger partial charge in [-0.15, -0.1) is 0 Å². The van der Waals surface area contributed by atoms with E-state index in [0.29, 0.717) is 26.1 Å². The molecule has 1 amide bonds. The molecule has 0 atom stereocenters. The number of sulfonamides is 1. The molecule has 2 aliphatic rings. The minimum atomic E-state index is -3.03. The van der Waals surface area contributed by atoms with Crippen LogP contribution in [0.25, 0.3) is 0 Å². The SMILES string of the molecule is O=C(NCCN1CCCS1(=O)=O)C1CCCCC1. The predicted octanol–water partition coefficient (Wildman–Crippen LogP) is 0.718. The Hall–Kier alpha value is -0.620. The Morgan fingerprint density at radius 2 is 1.89 bits per heavy atom. The highest BCUT2D eigenvalue weighted by molar-refractivity contribution is 7.89. The summed E-state index contributed by atoms with van der Waals surface area (Å²) >= 11 is 0. The molecule has 2 rings (SSSR count). The Bertz CT molecular complexity index is 388. The Balaban J connectivity index is 1.70. The van der Waals surface area contributed by atoms with E-state index >= 15 is 0 Å². The second-order valence-corrected chi connectivity index (χ2v) is 7.28. The van der Waals surface area contributed by atoms with Crippen LogP contribution in [0.2, 0.25) is 0 Å². The van der Waals surface area contributed by atoms with Crippen LogP contribution in [0.5, 0.6) is 0 Å². The summed E-state index contributed by atoms with van der Waals surface area (Å²) in [4.78, 5) is 11.9. The van der Waals surface area contributed by atoms with Crippen molar-refractivity contribution >= 4 is 15.9 Å². The molecule has 0 aromatic carbocycles. The maximum absolute atomic E-state index is 11.9. The summed E-state index contributed by atoms with van der Waals surface area (Å²) in [6, 6.07) is 0. The van der Waals surface area contributed by atoms with E-state index in [0.717, 1.165) is 25.7 Å². The number of hydrogen-bond acceptors (Lipinski definition) is 3. The van der Waals surface area contributed by atoms with E-state index in [9.17, 15) is 13.2 Å². The molecule has 0 aromatic heterocycles. The smallest absolute Gasteiger partial charge is 0.223 e. The summed E-state index contributed by atoms with van der Waals surface area (Å²) in [5.74, 6) is 0.504. The Morgan fingerprint density at radius 1 is 1.17 bits per heavy atom. The first-order valence-corrected chi connectivity index (χ1v) is 8.46. The fourth-order valence-corrected chi connectivity index (χ4v) is 4.28. The molecule has 18 heavy (non-hydrogen) atoms. The van der Waals surface area contributed by atoms with Crippen molar-refractivity contribution in [1.29, 1.82) is 0 Å². The summed E-state index contributed by atoms with van der Waals surface area (Å²) in [6.45, 7) is 1.46. The number of amides is 1. The second kappa shape index (κ2) is 6.02. The van der Waals surface area contributed by atoms with Crippen molar-refractivity contribution in [2.24, 2.45) is 5.92 Å². The van der Waals surface area contributed by atoms with E-state index in [1.807, 2.05) is 0 Å². The lowest BCUT2D eigenvalue weighted by molar-refractivity contribution is -0.125. The lowest BCUT2D eigenvalue weighted by Crippen LogP contribution is -2.38. The molecule has 6 heteroatoms. The van der Waals surface area contributed by atoms with Crippen molar-refractivity contribution in [1.82, 2.24) is 9.62 Å². The third kappa shape index (κ3) is 3.45. The molecule has 1 saturated heterocycles. The zero-order valence-corrected chi connectivity index (χ0v) is 11.5. The first-order valence-electron chi connectivity index (χ1n) is 6.85. The standard InChI is InChI=1S/C12H22N2O3S/c15-12(11-5-2-1-3-6-11)13-7-9-14-8-4-10-18(14,16)17/h11H,1-10H2,(H,13,15). The lowest BCUT2D eigenvalue weighted by atomic mass is 9.89. The molecule has 0 aromatic rings. The van der Waals surface area contributed by atoms with Gasteiger partial charge in [-0.3, -0.25) is 4.79 Å². The molecule has 104 valence electrons. The lowest BCUT2D eigenvalue weighted by Gasteiger charge is -2.21. The van der Waals surface area contributed by atoms with Crippen LogP contribution in [0.1, 0.15) is 38.5 Å². The van der Waals surface area contributed by atoms with Gasteiger partial charge in [0.1, 0.15) is 0 Å². The molecule has 0 radical (unpaired) electrons. The maximum atomic E-state index is 11.9. The molecule has 1 N–H and O–H groups in total. The van der Waals surface area contributed by atoms with Crippen molar-refractivity contribution in [2.75, 3.05) is 25.4 Å². The van der Waals surface area contributed by atoms with Gasteiger partial charge in [0.05, 0.1) is 5.75 Å². The third-order valence-electron chi connectivity index (χ3n) is 3.84. The number of nitrogens with zero attached hydrogens (tertiary/aromatic N) is 1. The molecule has 0 bridgehead atoms. The average Bonchev–Trinajstić information content (AvgIpc) is 2.70. The minimum absolute atomic E-state index is 0.103. The number of hydrogen-bond donors (Lipinski definition) is 1. The summed E-state index contributed by atoms with van der Waals surface area (Å²) in [6.07, 6.45) is 6.17. The monoisotopic (exact) mass is 274 g/mol. The van der Waals surface area contributed by atoms with Crippen LogP contribution < -0.4 is 5.32 Å². The number of carbonyl (C=O) groups is 1. The van der Waals surface area contributed by atoms with Crippen LogP contribution >= 0.6 is 0 Å². The van der Waals surface area contributed by atoms with Gasteiger partial charge in [0.15, 0.2) is 0 Å². The number of carbonyl (C=O) groups excluding carboxylic acids is 1. The zero-order valence-electron chi connectivity index (χ0n) is 10.7. The van der Waals surface area contributed by atoms with Gasteiger partial charge in [-0.05, 0) is 19.3 Å². The van der Waals surface area contributed by atoms with Crippen LogP contribution in [0.15, 0.2) is 0 Å². The highest BCUT2D eigenvalue weighted by Gasteiger charge is 2.28. The van der Waals surface area contributed by atoms with Gasteiger partial charge < -0.3 is 5.32 Å². The molecular weight excluding hydrogens is 252 g/mol. The van der Waals surface area contributed by atoms with Crippen molar-refractivity contribution in [2.45, 2.75) is 38.5 Å². The first kappa shape index (κ1) is 13.8. The van der Waals surface area contributed by atoms with E-state index in [4.69, 9.17) is 0 Å². The topological polar surface area (TPSA) is 66.5 Å². The van der Waals surface area contributed by atoms with E-state index in [1.54, 1.807) is 0 Å². The van der Waals surface area contributed by atoms with Crippen molar-refractivity contribution in [3.63, 3.8) is 0 Å². The molecule has 0 unspecified atom stereocenters. The number of rotatable bonds is 4. The summed E-state index contributed by atoms with van der Waals surface area (Å²) < 4.78 is 24.6. The molecule has 1 aliphatic heterocycles. The highest BCUT2D eigenvalue weighted by atomic mass is 32.2. The quantitative estimate of drug-likeness (QED) is 0.821. The first-order chi connectivity index (χ1) is 8.59.